The predicted molar refractivity (Wildman–Crippen MR) is 100 cm³/mol. The first-order valence-corrected chi connectivity index (χ1v) is 9.49. The summed E-state index contributed by atoms with van der Waals surface area (Å²) < 4.78 is 73.0. The molecule has 2 aromatic carbocycles. The summed E-state index contributed by atoms with van der Waals surface area (Å²) in [6, 6.07) is 6.97. The number of hydrogen-bond acceptors (Lipinski definition) is 4. The summed E-state index contributed by atoms with van der Waals surface area (Å²) in [7, 11) is 0. The molecule has 1 atom stereocenters. The molecule has 4 nitrogen and oxygen atoms in total. The summed E-state index contributed by atoms with van der Waals surface area (Å²) in [6.45, 7) is 4.76. The fourth-order valence-corrected chi connectivity index (χ4v) is 3.18. The van der Waals surface area contributed by atoms with Crippen LogP contribution in [0.1, 0.15) is 26.3 Å². The van der Waals surface area contributed by atoms with E-state index in [4.69, 9.17) is 4.74 Å². The molecule has 0 spiro atoms. The minimum atomic E-state index is -2.32. The molecule has 0 aromatic heterocycles. The molecule has 0 aliphatic heterocycles. The Bertz CT molecular complexity index is 919. The molecule has 2 rings (SSSR count). The number of amides is 1. The Morgan fingerprint density at radius 2 is 1.43 bits per heavy atom. The lowest BCUT2D eigenvalue weighted by molar-refractivity contribution is -0.112. The molecule has 1 N–H and O–H groups in total. The number of benzene rings is 2. The van der Waals surface area contributed by atoms with Gasteiger partial charge in [-0.15, -0.1) is 0 Å². The Balaban J connectivity index is 2.32. The van der Waals surface area contributed by atoms with Crippen molar-refractivity contribution < 1.29 is 36.3 Å². The molecule has 1 amide bonds. The number of thioether (sulfide) groups is 1. The highest BCUT2D eigenvalue weighted by atomic mass is 32.2. The zero-order chi connectivity index (χ0) is 22.6. The SMILES string of the molecule is CC(C)(C)OC(=O)N[C@@H](Cc1ccccc1)C(=O)Sc1c(F)c(F)c(F)c(F)c1F. The molecule has 10 heteroatoms. The van der Waals surface area contributed by atoms with Gasteiger partial charge in [0, 0.05) is 6.42 Å². The topological polar surface area (TPSA) is 55.4 Å². The molecule has 0 heterocycles. The first kappa shape index (κ1) is 23.7. The predicted octanol–water partition coefficient (Wildman–Crippen LogP) is 5.14. The molecule has 30 heavy (non-hydrogen) atoms. The molecule has 0 aliphatic carbocycles. The van der Waals surface area contributed by atoms with Crippen LogP contribution in [0.15, 0.2) is 35.2 Å². The number of carbonyl (C=O) groups excluding carboxylic acids is 2. The van der Waals surface area contributed by atoms with Crippen LogP contribution in [0, 0.1) is 29.1 Å². The number of alkyl carbamates (subject to hydrolysis) is 1. The maximum atomic E-state index is 13.9. The van der Waals surface area contributed by atoms with Gasteiger partial charge in [0.1, 0.15) is 11.6 Å². The fourth-order valence-electron chi connectivity index (χ4n) is 2.34. The molecule has 0 aliphatic rings. The van der Waals surface area contributed by atoms with E-state index < -0.39 is 56.8 Å². The summed E-state index contributed by atoms with van der Waals surface area (Å²) in [6.07, 6.45) is -1.07. The van der Waals surface area contributed by atoms with E-state index in [2.05, 4.69) is 5.32 Å². The second-order valence-corrected chi connectivity index (χ2v) is 8.22. The van der Waals surface area contributed by atoms with Gasteiger partial charge in [-0.1, -0.05) is 30.3 Å². The molecule has 0 saturated heterocycles. The van der Waals surface area contributed by atoms with Crippen molar-refractivity contribution in [3.8, 4) is 0 Å². The van der Waals surface area contributed by atoms with E-state index in [-0.39, 0.29) is 18.2 Å². The molecule has 162 valence electrons. The third kappa shape index (κ3) is 5.94. The van der Waals surface area contributed by atoms with Crippen molar-refractivity contribution in [2.45, 2.75) is 43.7 Å². The average molecular weight is 447 g/mol. The van der Waals surface area contributed by atoms with Crippen molar-refractivity contribution in [2.75, 3.05) is 0 Å². The smallest absolute Gasteiger partial charge is 0.408 e. The first-order valence-electron chi connectivity index (χ1n) is 8.67. The van der Waals surface area contributed by atoms with Crippen molar-refractivity contribution in [3.05, 3.63) is 65.0 Å². The Morgan fingerprint density at radius 1 is 0.933 bits per heavy atom. The van der Waals surface area contributed by atoms with Crippen molar-refractivity contribution in [1.29, 1.82) is 0 Å². The molecule has 0 bridgehead atoms. The maximum absolute atomic E-state index is 13.9. The zero-order valence-electron chi connectivity index (χ0n) is 16.2. The van der Waals surface area contributed by atoms with Crippen LogP contribution in [-0.4, -0.2) is 22.9 Å². The van der Waals surface area contributed by atoms with Crippen LogP contribution in [0.3, 0.4) is 0 Å². The van der Waals surface area contributed by atoms with Crippen LogP contribution >= 0.6 is 11.8 Å². The van der Waals surface area contributed by atoms with Gasteiger partial charge in [-0.2, -0.15) is 0 Å². The van der Waals surface area contributed by atoms with Crippen LogP contribution in [-0.2, 0) is 16.0 Å². The summed E-state index contributed by atoms with van der Waals surface area (Å²) in [5, 5.41) is 1.25. The van der Waals surface area contributed by atoms with E-state index in [0.29, 0.717) is 5.56 Å². The highest BCUT2D eigenvalue weighted by Crippen LogP contribution is 2.32. The van der Waals surface area contributed by atoms with Gasteiger partial charge in [0.2, 0.25) is 10.9 Å². The summed E-state index contributed by atoms with van der Waals surface area (Å²) >= 11 is -0.185. The van der Waals surface area contributed by atoms with Crippen molar-refractivity contribution in [3.63, 3.8) is 0 Å². The molecule has 0 fully saturated rings. The quantitative estimate of drug-likeness (QED) is 0.299. The van der Waals surface area contributed by atoms with Gasteiger partial charge >= 0.3 is 6.09 Å². The fraction of sp³-hybridized carbons (Fsp3) is 0.300. The van der Waals surface area contributed by atoms with Crippen LogP contribution in [0.4, 0.5) is 26.7 Å². The van der Waals surface area contributed by atoms with E-state index >= 15 is 0 Å². The molecule has 2 aromatic rings. The van der Waals surface area contributed by atoms with E-state index in [1.807, 2.05) is 0 Å². The van der Waals surface area contributed by atoms with Gasteiger partial charge in [0.15, 0.2) is 23.3 Å². The minimum absolute atomic E-state index is 0.0959. The van der Waals surface area contributed by atoms with Gasteiger partial charge in [-0.3, -0.25) is 4.79 Å². The van der Waals surface area contributed by atoms with Crippen molar-refractivity contribution in [1.82, 2.24) is 5.32 Å². The first-order chi connectivity index (χ1) is 13.9. The number of halogens is 5. The monoisotopic (exact) mass is 447 g/mol. The summed E-state index contributed by atoms with van der Waals surface area (Å²) in [5.41, 5.74) is -0.302. The summed E-state index contributed by atoms with van der Waals surface area (Å²) in [4.78, 5) is 23.4. The standard InChI is InChI=1S/C20H18F5NO3S/c1-20(2,3)29-19(28)26-11(9-10-7-5-4-6-8-10)18(27)30-17-15(24)13(22)12(21)14(23)16(17)25/h4-8,11H,9H2,1-3H3,(H,26,28)/t11-/m0/s1. The van der Waals surface area contributed by atoms with Crippen molar-refractivity contribution in [2.24, 2.45) is 0 Å². The van der Waals surface area contributed by atoms with E-state index in [1.165, 1.54) is 0 Å². The molecule has 0 unspecified atom stereocenters. The van der Waals surface area contributed by atoms with Gasteiger partial charge in [0.25, 0.3) is 0 Å². The number of ether oxygens (including phenoxy) is 1. The zero-order valence-corrected chi connectivity index (χ0v) is 17.0. The molecular weight excluding hydrogens is 429 g/mol. The van der Waals surface area contributed by atoms with Crippen molar-refractivity contribution >= 4 is 23.0 Å². The van der Waals surface area contributed by atoms with Crippen LogP contribution in [0.5, 0.6) is 0 Å². The lowest BCUT2D eigenvalue weighted by Crippen LogP contribution is -2.43. The van der Waals surface area contributed by atoms with E-state index in [0.717, 1.165) is 0 Å². The third-order valence-electron chi connectivity index (χ3n) is 3.63. The lowest BCUT2D eigenvalue weighted by atomic mass is 10.1. The second kappa shape index (κ2) is 9.46. The van der Waals surface area contributed by atoms with E-state index in [9.17, 15) is 31.5 Å². The van der Waals surface area contributed by atoms with Gasteiger partial charge in [-0.25, -0.2) is 26.7 Å². The summed E-state index contributed by atoms with van der Waals surface area (Å²) in [5.74, 6) is -10.9. The Labute approximate surface area is 173 Å². The highest BCUT2D eigenvalue weighted by molar-refractivity contribution is 8.13. The van der Waals surface area contributed by atoms with Crippen LogP contribution in [0.25, 0.3) is 0 Å². The van der Waals surface area contributed by atoms with E-state index in [1.54, 1.807) is 51.1 Å². The highest BCUT2D eigenvalue weighted by Gasteiger charge is 2.31. The van der Waals surface area contributed by atoms with Gasteiger partial charge in [-0.05, 0) is 38.1 Å². The minimum Gasteiger partial charge on any atom is -0.444 e. The lowest BCUT2D eigenvalue weighted by Gasteiger charge is -2.23. The second-order valence-electron chi connectivity index (χ2n) is 7.21. The third-order valence-corrected chi connectivity index (χ3v) is 4.68. The molecule has 0 saturated carbocycles. The molecular formula is C20H18F5NO3S. The molecule has 0 radical (unpaired) electrons. The van der Waals surface area contributed by atoms with Gasteiger partial charge < -0.3 is 10.1 Å². The Morgan fingerprint density at radius 3 is 1.93 bits per heavy atom. The number of nitrogens with one attached hydrogen (secondary N) is 1. The average Bonchev–Trinajstić information content (AvgIpc) is 2.67. The Kier molecular flexibility index (Phi) is 7.46. The largest absolute Gasteiger partial charge is 0.444 e. The van der Waals surface area contributed by atoms with Gasteiger partial charge in [0.05, 0.1) is 4.90 Å². The number of rotatable bonds is 5. The number of hydrogen-bond donors (Lipinski definition) is 1. The number of carbonyl (C=O) groups is 2. The van der Waals surface area contributed by atoms with Crippen LogP contribution in [0.2, 0.25) is 0 Å². The normalized spacial score (nSPS) is 12.4. The van der Waals surface area contributed by atoms with Crippen LogP contribution < -0.4 is 5.32 Å². The Hall–Kier alpha value is -2.62. The maximum Gasteiger partial charge on any atom is 0.408 e.